The molecule has 3 heterocycles. The molecule has 278 valence electrons. The SMILES string of the molecule is c1ccc(-c2nc(-c3ccc4ccc5oc6cc(-n7c8ccccc8c8cc9ccccc9cc87)ccc6c5c4c3)nc(-c3cc4ccccc4c4ccccc34)n2)cc1. The molecule has 0 spiro atoms. The lowest BCUT2D eigenvalue weighted by Crippen LogP contribution is -2.00. The largest absolute Gasteiger partial charge is 0.456 e. The van der Waals surface area contributed by atoms with Gasteiger partial charge in [-0.1, -0.05) is 140 Å². The lowest BCUT2D eigenvalue weighted by molar-refractivity contribution is 0.669. The molecule has 5 heteroatoms. The average Bonchev–Trinajstić information content (AvgIpc) is 3.85. The van der Waals surface area contributed by atoms with E-state index in [1.54, 1.807) is 0 Å². The van der Waals surface area contributed by atoms with Gasteiger partial charge in [0.15, 0.2) is 17.5 Å². The predicted octanol–water partition coefficient (Wildman–Crippen LogP) is 14.5. The van der Waals surface area contributed by atoms with Gasteiger partial charge >= 0.3 is 0 Å². The molecule has 0 saturated heterocycles. The van der Waals surface area contributed by atoms with Crippen molar-refractivity contribution < 1.29 is 4.42 Å². The van der Waals surface area contributed by atoms with Gasteiger partial charge in [0.25, 0.3) is 0 Å². The van der Waals surface area contributed by atoms with Crippen LogP contribution in [0.25, 0.3) is 127 Å². The second-order valence-corrected chi connectivity index (χ2v) is 15.6. The summed E-state index contributed by atoms with van der Waals surface area (Å²) in [5, 5.41) is 13.9. The van der Waals surface area contributed by atoms with Crippen molar-refractivity contribution in [1.82, 2.24) is 19.5 Å². The van der Waals surface area contributed by atoms with Gasteiger partial charge in [-0.15, -0.1) is 0 Å². The fourth-order valence-corrected chi connectivity index (χ4v) is 9.38. The van der Waals surface area contributed by atoms with Crippen molar-refractivity contribution in [3.63, 3.8) is 0 Å². The van der Waals surface area contributed by atoms with E-state index >= 15 is 0 Å². The molecule has 0 aliphatic heterocycles. The Bertz CT molecular complexity index is 3900. The van der Waals surface area contributed by atoms with Crippen molar-refractivity contribution in [1.29, 1.82) is 0 Å². The van der Waals surface area contributed by atoms with Crippen LogP contribution in [0.5, 0.6) is 0 Å². The Balaban J connectivity index is 1.00. The number of hydrogen-bond acceptors (Lipinski definition) is 4. The molecule has 13 rings (SSSR count). The summed E-state index contributed by atoms with van der Waals surface area (Å²) < 4.78 is 9.08. The summed E-state index contributed by atoms with van der Waals surface area (Å²) in [6, 6.07) is 68.6. The zero-order valence-electron chi connectivity index (χ0n) is 32.2. The molecule has 0 fully saturated rings. The number of hydrogen-bond donors (Lipinski definition) is 0. The first-order valence-corrected chi connectivity index (χ1v) is 20.3. The van der Waals surface area contributed by atoms with Gasteiger partial charge in [-0.25, -0.2) is 15.0 Å². The standard InChI is InChI=1S/C55H32N4O/c1-2-12-34(13-3-1)53-56-54(58-55(57-53)47-29-37-16-6-7-17-40(37)41-18-8-9-19-42(41)47)38-23-22-33-24-27-50-52(45(33)30-38)44-26-25-39(32-51(44)60-50)59-48-21-11-10-20-43(48)46-28-35-14-4-5-15-36(35)31-49(46)59/h1-32H. The fourth-order valence-electron chi connectivity index (χ4n) is 9.38. The summed E-state index contributed by atoms with van der Waals surface area (Å²) >= 11 is 0. The van der Waals surface area contributed by atoms with Gasteiger partial charge in [0.2, 0.25) is 0 Å². The monoisotopic (exact) mass is 764 g/mol. The van der Waals surface area contributed by atoms with E-state index < -0.39 is 0 Å². The van der Waals surface area contributed by atoms with Gasteiger partial charge in [-0.05, 0) is 91.6 Å². The number of furan rings is 1. The molecular formula is C55H32N4O. The first-order valence-electron chi connectivity index (χ1n) is 20.3. The highest BCUT2D eigenvalue weighted by atomic mass is 16.3. The lowest BCUT2D eigenvalue weighted by Gasteiger charge is -2.12. The van der Waals surface area contributed by atoms with E-state index in [-0.39, 0.29) is 0 Å². The third-order valence-corrected chi connectivity index (χ3v) is 12.2. The molecule has 0 radical (unpaired) electrons. The van der Waals surface area contributed by atoms with Crippen molar-refractivity contribution in [2.24, 2.45) is 0 Å². The Morgan fingerprint density at radius 3 is 1.85 bits per heavy atom. The van der Waals surface area contributed by atoms with Crippen LogP contribution in [0.1, 0.15) is 0 Å². The molecule has 5 nitrogen and oxygen atoms in total. The van der Waals surface area contributed by atoms with E-state index in [4.69, 9.17) is 19.4 Å². The van der Waals surface area contributed by atoms with Crippen molar-refractivity contribution in [3.8, 4) is 39.9 Å². The zero-order valence-corrected chi connectivity index (χ0v) is 32.2. The second-order valence-electron chi connectivity index (χ2n) is 15.6. The summed E-state index contributed by atoms with van der Waals surface area (Å²) in [4.78, 5) is 15.5. The van der Waals surface area contributed by atoms with Gasteiger partial charge in [0.1, 0.15) is 11.2 Å². The van der Waals surface area contributed by atoms with Gasteiger partial charge < -0.3 is 8.98 Å². The summed E-state index contributed by atoms with van der Waals surface area (Å²) in [6.45, 7) is 0. The maximum absolute atomic E-state index is 6.71. The fraction of sp³-hybridized carbons (Fsp3) is 0. The molecule has 0 aliphatic carbocycles. The van der Waals surface area contributed by atoms with Gasteiger partial charge in [0, 0.05) is 50.0 Å². The third kappa shape index (κ3) is 4.96. The molecule has 60 heavy (non-hydrogen) atoms. The highest BCUT2D eigenvalue weighted by molar-refractivity contribution is 6.20. The molecular weight excluding hydrogens is 733 g/mol. The average molecular weight is 765 g/mol. The van der Waals surface area contributed by atoms with E-state index in [2.05, 4.69) is 180 Å². The summed E-state index contributed by atoms with van der Waals surface area (Å²) in [6.07, 6.45) is 0. The van der Waals surface area contributed by atoms with E-state index in [1.165, 1.54) is 37.8 Å². The van der Waals surface area contributed by atoms with Crippen molar-refractivity contribution >= 4 is 86.8 Å². The van der Waals surface area contributed by atoms with Crippen LogP contribution in [0, 0.1) is 0 Å². The van der Waals surface area contributed by atoms with Gasteiger partial charge in [-0.2, -0.15) is 0 Å². The Kier molecular flexibility index (Phi) is 6.95. The molecule has 0 amide bonds. The molecule has 0 bridgehead atoms. The molecule has 3 aromatic heterocycles. The Morgan fingerprint density at radius 1 is 0.333 bits per heavy atom. The minimum Gasteiger partial charge on any atom is -0.456 e. The zero-order chi connectivity index (χ0) is 39.3. The topological polar surface area (TPSA) is 56.7 Å². The van der Waals surface area contributed by atoms with Gasteiger partial charge in [0.05, 0.1) is 11.0 Å². The number of rotatable bonds is 4. The van der Waals surface area contributed by atoms with Crippen LogP contribution in [-0.4, -0.2) is 19.5 Å². The summed E-state index contributed by atoms with van der Waals surface area (Å²) in [5.74, 6) is 1.88. The van der Waals surface area contributed by atoms with E-state index in [0.717, 1.165) is 71.4 Å². The highest BCUT2D eigenvalue weighted by Crippen LogP contribution is 2.41. The lowest BCUT2D eigenvalue weighted by atomic mass is 9.96. The highest BCUT2D eigenvalue weighted by Gasteiger charge is 2.19. The first-order chi connectivity index (χ1) is 29.7. The van der Waals surface area contributed by atoms with Gasteiger partial charge in [-0.3, -0.25) is 0 Å². The quantitative estimate of drug-likeness (QED) is 0.167. The summed E-state index contributed by atoms with van der Waals surface area (Å²) in [7, 11) is 0. The van der Waals surface area contributed by atoms with Crippen LogP contribution < -0.4 is 0 Å². The molecule has 0 N–H and O–H groups in total. The van der Waals surface area contributed by atoms with Crippen LogP contribution in [-0.2, 0) is 0 Å². The minimum absolute atomic E-state index is 0.615. The predicted molar refractivity (Wildman–Crippen MR) is 248 cm³/mol. The van der Waals surface area contributed by atoms with Crippen LogP contribution in [0.4, 0.5) is 0 Å². The smallest absolute Gasteiger partial charge is 0.164 e. The molecule has 0 aliphatic rings. The first kappa shape index (κ1) is 32.9. The maximum Gasteiger partial charge on any atom is 0.164 e. The van der Waals surface area contributed by atoms with Crippen LogP contribution in [0.2, 0.25) is 0 Å². The number of nitrogens with zero attached hydrogens (tertiary/aromatic N) is 4. The summed E-state index contributed by atoms with van der Waals surface area (Å²) in [5.41, 5.74) is 7.88. The number of fused-ring (bicyclic) bond motifs is 12. The number of para-hydroxylation sites is 1. The minimum atomic E-state index is 0.615. The molecule has 10 aromatic carbocycles. The maximum atomic E-state index is 6.71. The van der Waals surface area contributed by atoms with E-state index in [9.17, 15) is 0 Å². The normalized spacial score (nSPS) is 12.0. The third-order valence-electron chi connectivity index (χ3n) is 12.2. The van der Waals surface area contributed by atoms with Crippen molar-refractivity contribution in [3.05, 3.63) is 194 Å². The van der Waals surface area contributed by atoms with Crippen LogP contribution in [0.3, 0.4) is 0 Å². The van der Waals surface area contributed by atoms with Crippen LogP contribution in [0.15, 0.2) is 199 Å². The molecule has 0 unspecified atom stereocenters. The number of aromatic nitrogens is 4. The van der Waals surface area contributed by atoms with Crippen molar-refractivity contribution in [2.45, 2.75) is 0 Å². The Labute approximate surface area is 343 Å². The molecule has 13 aromatic rings. The molecule has 0 atom stereocenters. The second kappa shape index (κ2) is 12.7. The molecule has 0 saturated carbocycles. The Hall–Kier alpha value is -8.15. The van der Waals surface area contributed by atoms with Crippen molar-refractivity contribution in [2.75, 3.05) is 0 Å². The van der Waals surface area contributed by atoms with Crippen LogP contribution >= 0.6 is 0 Å². The Morgan fingerprint density at radius 2 is 1.00 bits per heavy atom. The number of benzene rings is 10. The van der Waals surface area contributed by atoms with E-state index in [1.807, 2.05) is 18.2 Å². The van der Waals surface area contributed by atoms with E-state index in [0.29, 0.717) is 17.5 Å².